The third-order valence-electron chi connectivity index (χ3n) is 4.28. The van der Waals surface area contributed by atoms with Crippen LogP contribution in [0, 0.1) is 13.8 Å². The molecule has 2 aliphatic rings. The number of rotatable bonds is 4. The molecule has 2 heterocycles. The Kier molecular flexibility index (Phi) is 4.16. The number of nitrogens with one attached hydrogen (secondary N) is 1. The van der Waals surface area contributed by atoms with Gasteiger partial charge in [0.1, 0.15) is 11.9 Å². The third kappa shape index (κ3) is 2.99. The SMILES string of the molecule is Cc1cc(C)c(OC2CCNC2)c(CN2C(=O)CCC2=O)c1. The van der Waals surface area contributed by atoms with Crippen LogP contribution in [0.3, 0.4) is 0 Å². The largest absolute Gasteiger partial charge is 0.488 e. The van der Waals surface area contributed by atoms with Crippen molar-refractivity contribution in [2.45, 2.75) is 45.8 Å². The minimum atomic E-state index is -0.0855. The summed E-state index contributed by atoms with van der Waals surface area (Å²) in [5.74, 6) is 0.655. The van der Waals surface area contributed by atoms with Gasteiger partial charge in [0.05, 0.1) is 6.54 Å². The van der Waals surface area contributed by atoms with E-state index in [1.54, 1.807) is 0 Å². The van der Waals surface area contributed by atoms with E-state index in [2.05, 4.69) is 11.4 Å². The van der Waals surface area contributed by atoms with Crippen LogP contribution in [0.2, 0.25) is 0 Å². The first kappa shape index (κ1) is 15.0. The fourth-order valence-electron chi connectivity index (χ4n) is 3.19. The second kappa shape index (κ2) is 6.08. The van der Waals surface area contributed by atoms with E-state index in [0.717, 1.165) is 42.0 Å². The molecule has 1 atom stereocenters. The van der Waals surface area contributed by atoms with Crippen molar-refractivity contribution in [3.8, 4) is 5.75 Å². The molecule has 0 radical (unpaired) electrons. The molecular weight excluding hydrogens is 280 g/mol. The van der Waals surface area contributed by atoms with Gasteiger partial charge >= 0.3 is 0 Å². The molecule has 5 nitrogen and oxygen atoms in total. The summed E-state index contributed by atoms with van der Waals surface area (Å²) in [5.41, 5.74) is 3.09. The Morgan fingerprint density at radius 2 is 1.95 bits per heavy atom. The quantitative estimate of drug-likeness (QED) is 0.860. The van der Waals surface area contributed by atoms with E-state index in [0.29, 0.717) is 19.4 Å². The van der Waals surface area contributed by atoms with Crippen molar-refractivity contribution in [2.75, 3.05) is 13.1 Å². The number of ether oxygens (including phenoxy) is 1. The van der Waals surface area contributed by atoms with Crippen molar-refractivity contribution in [1.82, 2.24) is 10.2 Å². The number of hydrogen-bond donors (Lipinski definition) is 1. The van der Waals surface area contributed by atoms with E-state index >= 15 is 0 Å². The van der Waals surface area contributed by atoms with Crippen LogP contribution in [0.15, 0.2) is 12.1 Å². The molecule has 1 aromatic rings. The molecule has 1 aromatic carbocycles. The normalized spacial score (nSPS) is 21.7. The van der Waals surface area contributed by atoms with E-state index in [-0.39, 0.29) is 17.9 Å². The standard InChI is InChI=1S/C17H22N2O3/c1-11-7-12(2)17(22-14-5-6-18-9-14)13(8-11)10-19-15(20)3-4-16(19)21/h7-8,14,18H,3-6,9-10H2,1-2H3. The number of amides is 2. The third-order valence-corrected chi connectivity index (χ3v) is 4.28. The topological polar surface area (TPSA) is 58.6 Å². The summed E-state index contributed by atoms with van der Waals surface area (Å²) < 4.78 is 6.16. The molecule has 1 unspecified atom stereocenters. The van der Waals surface area contributed by atoms with E-state index in [1.807, 2.05) is 19.9 Å². The van der Waals surface area contributed by atoms with Gasteiger partial charge in [0.2, 0.25) is 11.8 Å². The lowest BCUT2D eigenvalue weighted by atomic mass is 10.0. The van der Waals surface area contributed by atoms with E-state index in [9.17, 15) is 9.59 Å². The minimum Gasteiger partial charge on any atom is -0.488 e. The van der Waals surface area contributed by atoms with Crippen LogP contribution in [-0.4, -0.2) is 35.9 Å². The van der Waals surface area contributed by atoms with Crippen molar-refractivity contribution in [2.24, 2.45) is 0 Å². The fraction of sp³-hybridized carbons (Fsp3) is 0.529. The molecule has 0 spiro atoms. The van der Waals surface area contributed by atoms with Crippen LogP contribution in [0.4, 0.5) is 0 Å². The molecule has 22 heavy (non-hydrogen) atoms. The molecule has 2 aliphatic heterocycles. The summed E-state index contributed by atoms with van der Waals surface area (Å²) in [5, 5.41) is 3.29. The van der Waals surface area contributed by atoms with Gasteiger partial charge in [0.15, 0.2) is 0 Å². The van der Waals surface area contributed by atoms with Gasteiger partial charge in [-0.3, -0.25) is 14.5 Å². The Morgan fingerprint density at radius 3 is 2.59 bits per heavy atom. The highest BCUT2D eigenvalue weighted by molar-refractivity contribution is 6.01. The second-order valence-electron chi connectivity index (χ2n) is 6.18. The maximum Gasteiger partial charge on any atom is 0.230 e. The zero-order valence-corrected chi connectivity index (χ0v) is 13.1. The Labute approximate surface area is 130 Å². The molecule has 3 rings (SSSR count). The molecule has 1 N–H and O–H groups in total. The first-order valence-corrected chi connectivity index (χ1v) is 7.85. The second-order valence-corrected chi connectivity index (χ2v) is 6.18. The number of benzene rings is 1. The number of carbonyl (C=O) groups excluding carboxylic acids is 2. The summed E-state index contributed by atoms with van der Waals surface area (Å²) in [6.07, 6.45) is 1.79. The Balaban J connectivity index is 1.87. The van der Waals surface area contributed by atoms with Crippen molar-refractivity contribution in [3.63, 3.8) is 0 Å². The van der Waals surface area contributed by atoms with Crippen molar-refractivity contribution in [3.05, 3.63) is 28.8 Å². The van der Waals surface area contributed by atoms with Gasteiger partial charge in [0, 0.05) is 24.9 Å². The average Bonchev–Trinajstić information content (AvgIpc) is 3.07. The molecule has 0 saturated carbocycles. The van der Waals surface area contributed by atoms with Crippen molar-refractivity contribution >= 4 is 11.8 Å². The molecule has 0 bridgehead atoms. The number of nitrogens with zero attached hydrogens (tertiary/aromatic N) is 1. The lowest BCUT2D eigenvalue weighted by Gasteiger charge is -2.22. The van der Waals surface area contributed by atoms with Crippen LogP contribution in [0.25, 0.3) is 0 Å². The van der Waals surface area contributed by atoms with Crippen molar-refractivity contribution in [1.29, 1.82) is 0 Å². The number of carbonyl (C=O) groups is 2. The average molecular weight is 302 g/mol. The first-order chi connectivity index (χ1) is 10.5. The molecule has 0 aromatic heterocycles. The van der Waals surface area contributed by atoms with Gasteiger partial charge in [-0.1, -0.05) is 17.7 Å². The maximum atomic E-state index is 11.9. The minimum absolute atomic E-state index is 0.0855. The lowest BCUT2D eigenvalue weighted by molar-refractivity contribution is -0.139. The van der Waals surface area contributed by atoms with Crippen LogP contribution in [0.1, 0.15) is 36.0 Å². The van der Waals surface area contributed by atoms with Gasteiger partial charge in [-0.15, -0.1) is 0 Å². The predicted molar refractivity (Wildman–Crippen MR) is 82.6 cm³/mol. The zero-order valence-electron chi connectivity index (χ0n) is 13.1. The van der Waals surface area contributed by atoms with Gasteiger partial charge < -0.3 is 10.1 Å². The lowest BCUT2D eigenvalue weighted by Crippen LogP contribution is -2.29. The number of aryl methyl sites for hydroxylation is 2. The highest BCUT2D eigenvalue weighted by Crippen LogP contribution is 2.30. The summed E-state index contributed by atoms with van der Waals surface area (Å²) in [6.45, 7) is 6.16. The number of likely N-dealkylation sites (tertiary alicyclic amines) is 1. The smallest absolute Gasteiger partial charge is 0.230 e. The molecule has 5 heteroatoms. The Bertz CT molecular complexity index is 590. The van der Waals surface area contributed by atoms with Gasteiger partial charge in [-0.25, -0.2) is 0 Å². The Hall–Kier alpha value is -1.88. The molecule has 2 saturated heterocycles. The maximum absolute atomic E-state index is 11.9. The van der Waals surface area contributed by atoms with E-state index in [4.69, 9.17) is 4.74 Å². The monoisotopic (exact) mass is 302 g/mol. The highest BCUT2D eigenvalue weighted by atomic mass is 16.5. The predicted octanol–water partition coefficient (Wildman–Crippen LogP) is 1.69. The van der Waals surface area contributed by atoms with Gasteiger partial charge in [-0.05, 0) is 32.4 Å². The number of imide groups is 1. The van der Waals surface area contributed by atoms with Crippen LogP contribution in [0.5, 0.6) is 5.75 Å². The number of hydrogen-bond acceptors (Lipinski definition) is 4. The van der Waals surface area contributed by atoms with Gasteiger partial charge in [-0.2, -0.15) is 0 Å². The van der Waals surface area contributed by atoms with E-state index in [1.165, 1.54) is 4.90 Å². The molecule has 0 aliphatic carbocycles. The molecular formula is C17H22N2O3. The fourth-order valence-corrected chi connectivity index (χ4v) is 3.19. The van der Waals surface area contributed by atoms with Gasteiger partial charge in [0.25, 0.3) is 0 Å². The molecule has 2 amide bonds. The summed E-state index contributed by atoms with van der Waals surface area (Å²) in [4.78, 5) is 25.1. The van der Waals surface area contributed by atoms with Crippen molar-refractivity contribution < 1.29 is 14.3 Å². The van der Waals surface area contributed by atoms with Crippen LogP contribution in [-0.2, 0) is 16.1 Å². The molecule has 118 valence electrons. The first-order valence-electron chi connectivity index (χ1n) is 7.85. The van der Waals surface area contributed by atoms with Crippen LogP contribution < -0.4 is 10.1 Å². The molecule has 2 fully saturated rings. The highest BCUT2D eigenvalue weighted by Gasteiger charge is 2.30. The Morgan fingerprint density at radius 1 is 1.23 bits per heavy atom. The summed E-state index contributed by atoms with van der Waals surface area (Å²) in [7, 11) is 0. The summed E-state index contributed by atoms with van der Waals surface area (Å²) >= 11 is 0. The van der Waals surface area contributed by atoms with E-state index < -0.39 is 0 Å². The van der Waals surface area contributed by atoms with Crippen LogP contribution >= 0.6 is 0 Å². The summed E-state index contributed by atoms with van der Waals surface area (Å²) in [6, 6.07) is 4.10. The zero-order chi connectivity index (χ0) is 15.7.